The van der Waals surface area contributed by atoms with Crippen LogP contribution in [0.3, 0.4) is 0 Å². The first-order chi connectivity index (χ1) is 8.16. The molecule has 2 aromatic rings. The fourth-order valence-electron chi connectivity index (χ4n) is 1.32. The highest BCUT2D eigenvalue weighted by Crippen LogP contribution is 2.22. The molecule has 0 unspecified atom stereocenters. The minimum Gasteiger partial charge on any atom is -0.507 e. The maximum Gasteiger partial charge on any atom is 0.259 e. The number of rotatable bonds is 2. The summed E-state index contributed by atoms with van der Waals surface area (Å²) in [6, 6.07) is 7.61. The summed E-state index contributed by atoms with van der Waals surface area (Å²) in [5.41, 5.74) is 0.735. The average Bonchev–Trinajstić information content (AvgIpc) is 2.33. The zero-order valence-electron chi connectivity index (χ0n) is 8.72. The van der Waals surface area contributed by atoms with Gasteiger partial charge in [0.25, 0.3) is 5.91 Å². The predicted molar refractivity (Wildman–Crippen MR) is 65.3 cm³/mol. The number of benzene rings is 1. The Bertz CT molecular complexity index is 543. The second-order valence-electron chi connectivity index (χ2n) is 3.35. The van der Waals surface area contributed by atoms with Crippen LogP contribution in [0.2, 0.25) is 5.02 Å². The number of carbonyl (C=O) groups is 1. The molecule has 1 aromatic carbocycles. The van der Waals surface area contributed by atoms with Gasteiger partial charge in [-0.3, -0.25) is 9.78 Å². The van der Waals surface area contributed by atoms with Crippen molar-refractivity contribution in [1.29, 1.82) is 0 Å². The van der Waals surface area contributed by atoms with Gasteiger partial charge in [0.05, 0.1) is 5.56 Å². The maximum absolute atomic E-state index is 11.8. The lowest BCUT2D eigenvalue weighted by Gasteiger charge is -2.06. The first-order valence-electron chi connectivity index (χ1n) is 4.87. The molecule has 5 heteroatoms. The van der Waals surface area contributed by atoms with Gasteiger partial charge in [0.1, 0.15) is 5.75 Å². The van der Waals surface area contributed by atoms with Gasteiger partial charge in [-0.2, -0.15) is 0 Å². The number of anilines is 1. The summed E-state index contributed by atoms with van der Waals surface area (Å²) in [4.78, 5) is 15.7. The molecule has 17 heavy (non-hydrogen) atoms. The number of nitrogens with zero attached hydrogens (tertiary/aromatic N) is 1. The van der Waals surface area contributed by atoms with Gasteiger partial charge in [-0.25, -0.2) is 0 Å². The number of nitrogens with one attached hydrogen (secondary N) is 1. The molecule has 0 saturated carbocycles. The molecule has 2 N–H and O–H groups in total. The molecule has 1 amide bonds. The molecule has 86 valence electrons. The molecular weight excluding hydrogens is 240 g/mol. The number of amides is 1. The summed E-state index contributed by atoms with van der Waals surface area (Å²) in [6.45, 7) is 0. The summed E-state index contributed by atoms with van der Waals surface area (Å²) >= 11 is 5.76. The third-order valence-corrected chi connectivity index (χ3v) is 2.38. The fourth-order valence-corrected chi connectivity index (χ4v) is 1.50. The van der Waals surface area contributed by atoms with Gasteiger partial charge in [0.15, 0.2) is 0 Å². The Labute approximate surface area is 103 Å². The van der Waals surface area contributed by atoms with Gasteiger partial charge >= 0.3 is 0 Å². The Hall–Kier alpha value is -2.07. The smallest absolute Gasteiger partial charge is 0.259 e. The SMILES string of the molecule is O=C(Nc1ccncc1)c1cc(Cl)ccc1O. The van der Waals surface area contributed by atoms with E-state index in [1.165, 1.54) is 18.2 Å². The van der Waals surface area contributed by atoms with Crippen molar-refractivity contribution >= 4 is 23.2 Å². The number of hydrogen-bond acceptors (Lipinski definition) is 3. The van der Waals surface area contributed by atoms with E-state index in [1.54, 1.807) is 24.5 Å². The number of phenols is 1. The lowest BCUT2D eigenvalue weighted by Crippen LogP contribution is -2.12. The van der Waals surface area contributed by atoms with E-state index >= 15 is 0 Å². The zero-order valence-corrected chi connectivity index (χ0v) is 9.48. The summed E-state index contributed by atoms with van der Waals surface area (Å²) < 4.78 is 0. The number of hydrogen-bond donors (Lipinski definition) is 2. The summed E-state index contributed by atoms with van der Waals surface area (Å²) in [5, 5.41) is 12.6. The largest absolute Gasteiger partial charge is 0.507 e. The molecule has 0 bridgehead atoms. The van der Waals surface area contributed by atoms with Crippen molar-refractivity contribution in [2.45, 2.75) is 0 Å². The Morgan fingerprint density at radius 2 is 1.94 bits per heavy atom. The predicted octanol–water partition coefficient (Wildman–Crippen LogP) is 2.69. The van der Waals surface area contributed by atoms with Crippen molar-refractivity contribution in [1.82, 2.24) is 4.98 Å². The van der Waals surface area contributed by atoms with Crippen LogP contribution in [0.5, 0.6) is 5.75 Å². The van der Waals surface area contributed by atoms with Crippen molar-refractivity contribution in [3.8, 4) is 5.75 Å². The molecule has 0 spiro atoms. The maximum atomic E-state index is 11.8. The van der Waals surface area contributed by atoms with E-state index < -0.39 is 5.91 Å². The number of phenolic OH excluding ortho intramolecular Hbond substituents is 1. The number of carbonyl (C=O) groups excluding carboxylic acids is 1. The van der Waals surface area contributed by atoms with Crippen molar-refractivity contribution in [2.75, 3.05) is 5.32 Å². The molecule has 4 nitrogen and oxygen atoms in total. The quantitative estimate of drug-likeness (QED) is 0.859. The highest BCUT2D eigenvalue weighted by atomic mass is 35.5. The first kappa shape index (κ1) is 11.4. The molecule has 0 radical (unpaired) electrons. The summed E-state index contributed by atoms with van der Waals surface area (Å²) in [5.74, 6) is -0.530. The van der Waals surface area contributed by atoms with Crippen molar-refractivity contribution in [3.63, 3.8) is 0 Å². The Balaban J connectivity index is 2.23. The molecule has 0 fully saturated rings. The highest BCUT2D eigenvalue weighted by molar-refractivity contribution is 6.31. The Morgan fingerprint density at radius 1 is 1.24 bits per heavy atom. The average molecular weight is 249 g/mol. The van der Waals surface area contributed by atoms with E-state index in [0.29, 0.717) is 10.7 Å². The standard InChI is InChI=1S/C12H9ClN2O2/c13-8-1-2-11(16)10(7-8)12(17)15-9-3-5-14-6-4-9/h1-7,16H,(H,14,15,17). The molecular formula is C12H9ClN2O2. The van der Waals surface area contributed by atoms with Crippen molar-refractivity contribution < 1.29 is 9.90 Å². The molecule has 1 heterocycles. The highest BCUT2D eigenvalue weighted by Gasteiger charge is 2.11. The topological polar surface area (TPSA) is 62.2 Å². The van der Waals surface area contributed by atoms with Crippen LogP contribution in [0.4, 0.5) is 5.69 Å². The lowest BCUT2D eigenvalue weighted by molar-refractivity contribution is 0.102. The minimum absolute atomic E-state index is 0.110. The van der Waals surface area contributed by atoms with Crippen molar-refractivity contribution in [2.24, 2.45) is 0 Å². The van der Waals surface area contributed by atoms with E-state index in [2.05, 4.69) is 10.3 Å². The van der Waals surface area contributed by atoms with Gasteiger partial charge in [-0.15, -0.1) is 0 Å². The molecule has 0 aliphatic carbocycles. The molecule has 0 aliphatic heterocycles. The zero-order chi connectivity index (χ0) is 12.3. The van der Waals surface area contributed by atoms with Crippen LogP contribution in [0.15, 0.2) is 42.7 Å². The number of halogens is 1. The van der Waals surface area contributed by atoms with E-state index in [-0.39, 0.29) is 11.3 Å². The van der Waals surface area contributed by atoms with Crippen LogP contribution < -0.4 is 5.32 Å². The fraction of sp³-hybridized carbons (Fsp3) is 0. The van der Waals surface area contributed by atoms with E-state index in [4.69, 9.17) is 11.6 Å². The van der Waals surface area contributed by atoms with Crippen LogP contribution in [0.25, 0.3) is 0 Å². The van der Waals surface area contributed by atoms with Crippen LogP contribution in [0, 0.1) is 0 Å². The van der Waals surface area contributed by atoms with E-state index in [1.807, 2.05) is 0 Å². The summed E-state index contributed by atoms with van der Waals surface area (Å²) in [7, 11) is 0. The normalized spacial score (nSPS) is 9.94. The minimum atomic E-state index is -0.420. The second kappa shape index (κ2) is 4.84. The van der Waals surface area contributed by atoms with Crippen LogP contribution >= 0.6 is 11.6 Å². The third kappa shape index (κ3) is 2.73. The van der Waals surface area contributed by atoms with Gasteiger partial charge in [-0.1, -0.05) is 11.6 Å². The Morgan fingerprint density at radius 3 is 2.65 bits per heavy atom. The van der Waals surface area contributed by atoms with Gasteiger partial charge in [-0.05, 0) is 30.3 Å². The third-order valence-electron chi connectivity index (χ3n) is 2.14. The van der Waals surface area contributed by atoms with Crippen LogP contribution in [-0.4, -0.2) is 16.0 Å². The summed E-state index contributed by atoms with van der Waals surface area (Å²) in [6.07, 6.45) is 3.13. The monoisotopic (exact) mass is 248 g/mol. The van der Waals surface area contributed by atoms with Gasteiger partial charge in [0, 0.05) is 23.1 Å². The van der Waals surface area contributed by atoms with Crippen LogP contribution in [0.1, 0.15) is 10.4 Å². The van der Waals surface area contributed by atoms with E-state index in [0.717, 1.165) is 0 Å². The number of aromatic hydroxyl groups is 1. The number of pyridine rings is 1. The number of aromatic nitrogens is 1. The molecule has 0 atom stereocenters. The first-order valence-corrected chi connectivity index (χ1v) is 5.24. The van der Waals surface area contributed by atoms with E-state index in [9.17, 15) is 9.90 Å². The lowest BCUT2D eigenvalue weighted by atomic mass is 10.2. The Kier molecular flexibility index (Phi) is 3.25. The van der Waals surface area contributed by atoms with Crippen LogP contribution in [-0.2, 0) is 0 Å². The molecule has 2 rings (SSSR count). The molecule has 1 aromatic heterocycles. The second-order valence-corrected chi connectivity index (χ2v) is 3.79. The van der Waals surface area contributed by atoms with Crippen molar-refractivity contribution in [3.05, 3.63) is 53.3 Å². The molecule has 0 saturated heterocycles. The van der Waals surface area contributed by atoms with Gasteiger partial charge in [0.2, 0.25) is 0 Å². The molecule has 0 aliphatic rings. The van der Waals surface area contributed by atoms with Gasteiger partial charge < -0.3 is 10.4 Å².